The molecule has 0 aliphatic rings. The maximum Gasteiger partial charge on any atom is 0.228 e. The van der Waals surface area contributed by atoms with Gasteiger partial charge in [0.15, 0.2) is 0 Å². The van der Waals surface area contributed by atoms with Crippen molar-refractivity contribution >= 4 is 23.7 Å². The van der Waals surface area contributed by atoms with Crippen LogP contribution in [0.4, 0.5) is 5.69 Å². The van der Waals surface area contributed by atoms with Crippen LogP contribution in [0, 0.1) is 6.92 Å². The van der Waals surface area contributed by atoms with Gasteiger partial charge in [-0.15, -0.1) is 0 Å². The number of hydrogen-bond acceptors (Lipinski definition) is 2. The average Bonchev–Trinajstić information content (AvgIpc) is 2.61. The Bertz CT molecular complexity index is 885. The Morgan fingerprint density at radius 1 is 0.960 bits per heavy atom. The summed E-state index contributed by atoms with van der Waals surface area (Å²) in [6.07, 6.45) is 4.33. The summed E-state index contributed by atoms with van der Waals surface area (Å²) in [5.74, 6) is -0.0207. The molecule has 1 N–H and O–H groups in total. The molecule has 0 atom stereocenters. The lowest BCUT2D eigenvalue weighted by Crippen LogP contribution is -2.14. The zero-order valence-electron chi connectivity index (χ0n) is 14.1. The molecule has 0 aliphatic carbocycles. The van der Waals surface area contributed by atoms with Gasteiger partial charge in [-0.2, -0.15) is 0 Å². The standard InChI is InChI=1S/C22H20N2O/c1-17-7-5-11-20(23-17)14-13-19-10-6-12-21(15-19)24-22(25)16-18-8-3-2-4-9-18/h2-15H,16H2,1H3,(H,24,25). The smallest absolute Gasteiger partial charge is 0.228 e. The molecule has 0 saturated heterocycles. The molecule has 3 heteroatoms. The predicted octanol–water partition coefficient (Wildman–Crippen LogP) is 4.74. The summed E-state index contributed by atoms with van der Waals surface area (Å²) >= 11 is 0. The van der Waals surface area contributed by atoms with Gasteiger partial charge in [-0.25, -0.2) is 0 Å². The monoisotopic (exact) mass is 328 g/mol. The number of benzene rings is 2. The van der Waals surface area contributed by atoms with Crippen LogP contribution in [0.15, 0.2) is 72.8 Å². The molecule has 0 fully saturated rings. The summed E-state index contributed by atoms with van der Waals surface area (Å²) in [6, 6.07) is 23.4. The largest absolute Gasteiger partial charge is 0.326 e. The molecule has 2 aromatic carbocycles. The molecule has 25 heavy (non-hydrogen) atoms. The second kappa shape index (κ2) is 8.06. The van der Waals surface area contributed by atoms with Gasteiger partial charge in [-0.1, -0.05) is 54.6 Å². The minimum absolute atomic E-state index is 0.0207. The number of aromatic nitrogens is 1. The first-order valence-electron chi connectivity index (χ1n) is 8.25. The van der Waals surface area contributed by atoms with Crippen molar-refractivity contribution < 1.29 is 4.79 Å². The normalized spacial score (nSPS) is 10.8. The Balaban J connectivity index is 1.66. The Labute approximate surface area is 148 Å². The van der Waals surface area contributed by atoms with Crippen LogP contribution in [0.2, 0.25) is 0 Å². The second-order valence-corrected chi connectivity index (χ2v) is 5.87. The minimum atomic E-state index is -0.0207. The Kier molecular flexibility index (Phi) is 5.37. The molecule has 1 aromatic heterocycles. The second-order valence-electron chi connectivity index (χ2n) is 5.87. The first-order valence-corrected chi connectivity index (χ1v) is 8.25. The number of rotatable bonds is 5. The summed E-state index contributed by atoms with van der Waals surface area (Å²) < 4.78 is 0. The molecule has 124 valence electrons. The number of nitrogens with zero attached hydrogens (tertiary/aromatic N) is 1. The number of pyridine rings is 1. The highest BCUT2D eigenvalue weighted by molar-refractivity contribution is 5.92. The first-order chi connectivity index (χ1) is 12.2. The summed E-state index contributed by atoms with van der Waals surface area (Å²) in [5.41, 5.74) is 4.71. The van der Waals surface area contributed by atoms with Gasteiger partial charge in [0.05, 0.1) is 12.1 Å². The summed E-state index contributed by atoms with van der Waals surface area (Å²) in [5, 5.41) is 2.95. The van der Waals surface area contributed by atoms with E-state index in [0.717, 1.165) is 28.2 Å². The zero-order valence-corrected chi connectivity index (χ0v) is 14.1. The molecule has 0 aliphatic heterocycles. The lowest BCUT2D eigenvalue weighted by molar-refractivity contribution is -0.115. The molecule has 1 heterocycles. The van der Waals surface area contributed by atoms with Gasteiger partial charge < -0.3 is 5.32 Å². The Morgan fingerprint density at radius 2 is 1.76 bits per heavy atom. The van der Waals surface area contributed by atoms with E-state index in [0.29, 0.717) is 6.42 Å². The van der Waals surface area contributed by atoms with Gasteiger partial charge >= 0.3 is 0 Å². The lowest BCUT2D eigenvalue weighted by Gasteiger charge is -2.06. The molecule has 0 radical (unpaired) electrons. The molecule has 0 saturated carbocycles. The topological polar surface area (TPSA) is 42.0 Å². The summed E-state index contributed by atoms with van der Waals surface area (Å²) in [4.78, 5) is 16.6. The van der Waals surface area contributed by atoms with Gasteiger partial charge in [-0.05, 0) is 48.4 Å². The SMILES string of the molecule is Cc1cccc(C=Cc2cccc(NC(=O)Cc3ccccc3)c2)n1. The van der Waals surface area contributed by atoms with Crippen molar-refractivity contribution in [2.24, 2.45) is 0 Å². The number of aryl methyl sites for hydroxylation is 1. The maximum absolute atomic E-state index is 12.2. The highest BCUT2D eigenvalue weighted by Gasteiger charge is 2.04. The van der Waals surface area contributed by atoms with E-state index in [-0.39, 0.29) is 5.91 Å². The maximum atomic E-state index is 12.2. The van der Waals surface area contributed by atoms with Crippen molar-refractivity contribution in [1.29, 1.82) is 0 Å². The third-order valence-corrected chi connectivity index (χ3v) is 3.73. The zero-order chi connectivity index (χ0) is 17.5. The van der Waals surface area contributed by atoms with Crippen molar-refractivity contribution in [3.8, 4) is 0 Å². The number of nitrogens with one attached hydrogen (secondary N) is 1. The molecule has 3 rings (SSSR count). The highest BCUT2D eigenvalue weighted by Crippen LogP contribution is 2.14. The lowest BCUT2D eigenvalue weighted by atomic mass is 10.1. The van der Waals surface area contributed by atoms with Gasteiger partial charge in [0.25, 0.3) is 0 Å². The third kappa shape index (κ3) is 5.15. The molecular weight excluding hydrogens is 308 g/mol. The number of hydrogen-bond donors (Lipinski definition) is 1. The van der Waals surface area contributed by atoms with Crippen molar-refractivity contribution in [3.63, 3.8) is 0 Å². The van der Waals surface area contributed by atoms with E-state index in [2.05, 4.69) is 10.3 Å². The van der Waals surface area contributed by atoms with E-state index in [4.69, 9.17) is 0 Å². The van der Waals surface area contributed by atoms with Gasteiger partial charge in [0.2, 0.25) is 5.91 Å². The quantitative estimate of drug-likeness (QED) is 0.735. The van der Waals surface area contributed by atoms with E-state index in [9.17, 15) is 4.79 Å². The molecule has 0 unspecified atom stereocenters. The van der Waals surface area contributed by atoms with Crippen LogP contribution in [0.5, 0.6) is 0 Å². The molecular formula is C22H20N2O. The van der Waals surface area contributed by atoms with Crippen LogP contribution in [-0.4, -0.2) is 10.9 Å². The highest BCUT2D eigenvalue weighted by atomic mass is 16.1. The Morgan fingerprint density at radius 3 is 2.56 bits per heavy atom. The van der Waals surface area contributed by atoms with Crippen molar-refractivity contribution in [2.75, 3.05) is 5.32 Å². The molecule has 1 amide bonds. The predicted molar refractivity (Wildman–Crippen MR) is 103 cm³/mol. The number of amides is 1. The van der Waals surface area contributed by atoms with Gasteiger partial charge in [0, 0.05) is 11.4 Å². The van der Waals surface area contributed by atoms with E-state index in [1.54, 1.807) is 0 Å². The number of carbonyl (C=O) groups is 1. The first kappa shape index (κ1) is 16.7. The van der Waals surface area contributed by atoms with Crippen LogP contribution in [0.3, 0.4) is 0 Å². The number of anilines is 1. The van der Waals surface area contributed by atoms with Crippen LogP contribution in [0.25, 0.3) is 12.2 Å². The molecule has 0 bridgehead atoms. The van der Waals surface area contributed by atoms with Crippen molar-refractivity contribution in [1.82, 2.24) is 4.98 Å². The fraction of sp³-hybridized carbons (Fsp3) is 0.0909. The van der Waals surface area contributed by atoms with Crippen molar-refractivity contribution in [2.45, 2.75) is 13.3 Å². The molecule has 0 spiro atoms. The van der Waals surface area contributed by atoms with Crippen LogP contribution >= 0.6 is 0 Å². The van der Waals surface area contributed by atoms with Crippen LogP contribution in [0.1, 0.15) is 22.5 Å². The minimum Gasteiger partial charge on any atom is -0.326 e. The number of carbonyl (C=O) groups excluding carboxylic acids is 1. The summed E-state index contributed by atoms with van der Waals surface area (Å²) in [6.45, 7) is 1.97. The average molecular weight is 328 g/mol. The Hall–Kier alpha value is -3.20. The van der Waals surface area contributed by atoms with Crippen molar-refractivity contribution in [3.05, 3.63) is 95.3 Å². The van der Waals surface area contributed by atoms with E-state index < -0.39 is 0 Å². The molecule has 3 nitrogen and oxygen atoms in total. The van der Waals surface area contributed by atoms with E-state index in [1.807, 2.05) is 91.9 Å². The molecule has 3 aromatic rings. The van der Waals surface area contributed by atoms with Crippen LogP contribution < -0.4 is 5.32 Å². The fourth-order valence-electron chi connectivity index (χ4n) is 2.55. The van der Waals surface area contributed by atoms with E-state index >= 15 is 0 Å². The van der Waals surface area contributed by atoms with Gasteiger partial charge in [-0.3, -0.25) is 9.78 Å². The fourth-order valence-corrected chi connectivity index (χ4v) is 2.55. The van der Waals surface area contributed by atoms with Gasteiger partial charge in [0.1, 0.15) is 0 Å². The third-order valence-electron chi connectivity index (χ3n) is 3.73. The van der Waals surface area contributed by atoms with Crippen LogP contribution in [-0.2, 0) is 11.2 Å². The van der Waals surface area contributed by atoms with E-state index in [1.165, 1.54) is 0 Å². The summed E-state index contributed by atoms with van der Waals surface area (Å²) in [7, 11) is 0.